The maximum atomic E-state index is 2.46. The van der Waals surface area contributed by atoms with E-state index in [4.69, 9.17) is 0 Å². The van der Waals surface area contributed by atoms with Gasteiger partial charge in [-0.25, -0.2) is 0 Å². The van der Waals surface area contributed by atoms with Gasteiger partial charge < -0.3 is 0 Å². The molecular weight excluding hydrogens is 132 g/mol. The molecule has 0 saturated heterocycles. The van der Waals surface area contributed by atoms with Crippen molar-refractivity contribution in [2.24, 2.45) is 29.1 Å². The molecule has 0 aromatic heterocycles. The first-order chi connectivity index (χ1) is 5.14. The third-order valence-corrected chi connectivity index (χ3v) is 5.10. The molecule has 0 aliphatic heterocycles. The molecule has 2 rings (SSSR count). The number of rotatable bonds is 1. The lowest BCUT2D eigenvalue weighted by Crippen LogP contribution is -2.65. The van der Waals surface area contributed by atoms with Crippen LogP contribution in [-0.4, -0.2) is 0 Å². The standard InChI is InChI=1S/C11H20/c1-5-11-7(2)6-10(11)8(3)9(11)4/h7-10H,5-6H2,1-4H3. The van der Waals surface area contributed by atoms with Crippen molar-refractivity contribution < 1.29 is 0 Å². The van der Waals surface area contributed by atoms with Gasteiger partial charge in [-0.2, -0.15) is 0 Å². The predicted octanol–water partition coefficient (Wildman–Crippen LogP) is 3.32. The van der Waals surface area contributed by atoms with Crippen LogP contribution in [0.4, 0.5) is 0 Å². The summed E-state index contributed by atoms with van der Waals surface area (Å²) < 4.78 is 0. The van der Waals surface area contributed by atoms with Gasteiger partial charge in [-0.1, -0.05) is 27.7 Å². The Labute approximate surface area is 70.4 Å². The zero-order valence-corrected chi connectivity index (χ0v) is 8.22. The Balaban J connectivity index is 2.17. The Morgan fingerprint density at radius 2 is 1.91 bits per heavy atom. The van der Waals surface area contributed by atoms with E-state index in [1.807, 2.05) is 0 Å². The minimum Gasteiger partial charge on any atom is -0.0648 e. The number of hydrogen-bond acceptors (Lipinski definition) is 0. The molecule has 2 aliphatic rings. The SMILES string of the molecule is CCC12C(C)CC1C(C)C2C. The summed E-state index contributed by atoms with van der Waals surface area (Å²) >= 11 is 0. The van der Waals surface area contributed by atoms with E-state index in [2.05, 4.69) is 27.7 Å². The van der Waals surface area contributed by atoms with Crippen LogP contribution in [0.5, 0.6) is 0 Å². The van der Waals surface area contributed by atoms with Gasteiger partial charge in [-0.15, -0.1) is 0 Å². The fourth-order valence-electron chi connectivity index (χ4n) is 4.17. The Bertz CT molecular complexity index is 165. The smallest absolute Gasteiger partial charge is 0.0215 e. The summed E-state index contributed by atoms with van der Waals surface area (Å²) in [6, 6.07) is 0. The Hall–Kier alpha value is 0. The quantitative estimate of drug-likeness (QED) is 0.540. The second kappa shape index (κ2) is 2.02. The Kier molecular flexibility index (Phi) is 1.41. The highest BCUT2D eigenvalue weighted by molar-refractivity contribution is 5.13. The highest BCUT2D eigenvalue weighted by Gasteiger charge is 2.65. The van der Waals surface area contributed by atoms with Crippen LogP contribution in [0.1, 0.15) is 40.5 Å². The van der Waals surface area contributed by atoms with Gasteiger partial charge in [-0.05, 0) is 41.9 Å². The second-order valence-corrected chi connectivity index (χ2v) is 4.86. The van der Waals surface area contributed by atoms with E-state index in [1.54, 1.807) is 0 Å². The van der Waals surface area contributed by atoms with Gasteiger partial charge in [0.25, 0.3) is 0 Å². The molecule has 5 atom stereocenters. The van der Waals surface area contributed by atoms with E-state index >= 15 is 0 Å². The van der Waals surface area contributed by atoms with Crippen LogP contribution in [0.2, 0.25) is 0 Å². The van der Waals surface area contributed by atoms with Crippen LogP contribution in [0.3, 0.4) is 0 Å². The number of hydrogen-bond donors (Lipinski definition) is 0. The third kappa shape index (κ3) is 0.588. The molecule has 2 aliphatic carbocycles. The first kappa shape index (κ1) is 7.64. The molecule has 0 aromatic rings. The van der Waals surface area contributed by atoms with Crippen LogP contribution >= 0.6 is 0 Å². The first-order valence-electron chi connectivity index (χ1n) is 5.14. The van der Waals surface area contributed by atoms with Gasteiger partial charge in [0.05, 0.1) is 0 Å². The molecule has 0 radical (unpaired) electrons. The summed E-state index contributed by atoms with van der Waals surface area (Å²) in [7, 11) is 0. The monoisotopic (exact) mass is 152 g/mol. The van der Waals surface area contributed by atoms with Crippen LogP contribution in [-0.2, 0) is 0 Å². The third-order valence-electron chi connectivity index (χ3n) is 5.10. The largest absolute Gasteiger partial charge is 0.0648 e. The van der Waals surface area contributed by atoms with E-state index in [1.165, 1.54) is 12.8 Å². The average Bonchev–Trinajstić information content (AvgIpc) is 2.00. The highest BCUT2D eigenvalue weighted by Crippen LogP contribution is 2.71. The van der Waals surface area contributed by atoms with Crippen LogP contribution in [0.15, 0.2) is 0 Å². The van der Waals surface area contributed by atoms with Crippen molar-refractivity contribution in [3.05, 3.63) is 0 Å². The van der Waals surface area contributed by atoms with Crippen molar-refractivity contribution in [2.45, 2.75) is 40.5 Å². The molecule has 64 valence electrons. The molecule has 5 unspecified atom stereocenters. The van der Waals surface area contributed by atoms with Crippen molar-refractivity contribution in [3.8, 4) is 0 Å². The lowest BCUT2D eigenvalue weighted by atomic mass is 9.33. The summed E-state index contributed by atoms with van der Waals surface area (Å²) in [5, 5.41) is 0. The highest BCUT2D eigenvalue weighted by atomic mass is 14.7. The lowest BCUT2D eigenvalue weighted by Gasteiger charge is -2.71. The van der Waals surface area contributed by atoms with E-state index in [9.17, 15) is 0 Å². The Morgan fingerprint density at radius 3 is 2.18 bits per heavy atom. The van der Waals surface area contributed by atoms with Gasteiger partial charge in [-0.3, -0.25) is 0 Å². The first-order valence-corrected chi connectivity index (χ1v) is 5.14. The Morgan fingerprint density at radius 1 is 1.27 bits per heavy atom. The fraction of sp³-hybridized carbons (Fsp3) is 1.00. The fourth-order valence-corrected chi connectivity index (χ4v) is 4.17. The molecule has 2 saturated carbocycles. The maximum Gasteiger partial charge on any atom is -0.0215 e. The van der Waals surface area contributed by atoms with Crippen molar-refractivity contribution in [1.82, 2.24) is 0 Å². The minimum absolute atomic E-state index is 0.791. The van der Waals surface area contributed by atoms with Gasteiger partial charge in [0.1, 0.15) is 0 Å². The van der Waals surface area contributed by atoms with Gasteiger partial charge in [0.15, 0.2) is 0 Å². The maximum absolute atomic E-state index is 2.46. The van der Waals surface area contributed by atoms with Gasteiger partial charge in [0, 0.05) is 0 Å². The molecule has 0 nitrogen and oxygen atoms in total. The summed E-state index contributed by atoms with van der Waals surface area (Å²) in [6.45, 7) is 9.73. The molecule has 0 N–H and O–H groups in total. The molecule has 0 amide bonds. The summed E-state index contributed by atoms with van der Waals surface area (Å²) in [5.74, 6) is 4.13. The summed E-state index contributed by atoms with van der Waals surface area (Å²) in [4.78, 5) is 0. The van der Waals surface area contributed by atoms with Gasteiger partial charge >= 0.3 is 0 Å². The molecule has 0 heteroatoms. The molecule has 0 heterocycles. The summed E-state index contributed by atoms with van der Waals surface area (Å²) in [5.41, 5.74) is 0.791. The van der Waals surface area contributed by atoms with Crippen molar-refractivity contribution >= 4 is 0 Å². The normalized spacial score (nSPS) is 61.1. The molecular formula is C11H20. The van der Waals surface area contributed by atoms with Crippen molar-refractivity contribution in [3.63, 3.8) is 0 Å². The van der Waals surface area contributed by atoms with Crippen molar-refractivity contribution in [2.75, 3.05) is 0 Å². The minimum atomic E-state index is 0.791. The second-order valence-electron chi connectivity index (χ2n) is 4.86. The van der Waals surface area contributed by atoms with Crippen LogP contribution in [0.25, 0.3) is 0 Å². The number of fused-ring (bicyclic) bond motifs is 1. The van der Waals surface area contributed by atoms with E-state index in [-0.39, 0.29) is 0 Å². The molecule has 0 bridgehead atoms. The van der Waals surface area contributed by atoms with Crippen LogP contribution < -0.4 is 0 Å². The molecule has 0 aromatic carbocycles. The molecule has 0 spiro atoms. The zero-order chi connectivity index (χ0) is 8.22. The molecule has 2 fully saturated rings. The topological polar surface area (TPSA) is 0 Å². The predicted molar refractivity (Wildman–Crippen MR) is 48.3 cm³/mol. The average molecular weight is 152 g/mol. The lowest BCUT2D eigenvalue weighted by molar-refractivity contribution is -0.232. The summed E-state index contributed by atoms with van der Waals surface area (Å²) in [6.07, 6.45) is 2.93. The zero-order valence-electron chi connectivity index (χ0n) is 8.22. The molecule has 11 heavy (non-hydrogen) atoms. The van der Waals surface area contributed by atoms with Gasteiger partial charge in [0.2, 0.25) is 0 Å². The van der Waals surface area contributed by atoms with Crippen molar-refractivity contribution in [1.29, 1.82) is 0 Å². The van der Waals surface area contributed by atoms with E-state index in [0.29, 0.717) is 0 Å². The van der Waals surface area contributed by atoms with E-state index < -0.39 is 0 Å². The van der Waals surface area contributed by atoms with E-state index in [0.717, 1.165) is 29.1 Å². The van der Waals surface area contributed by atoms with Crippen LogP contribution in [0, 0.1) is 29.1 Å².